The minimum absolute atomic E-state index is 0.178. The average molecular weight is 359 g/mol. The summed E-state index contributed by atoms with van der Waals surface area (Å²) in [6.45, 7) is 2.05. The van der Waals surface area contributed by atoms with E-state index in [-0.39, 0.29) is 12.2 Å². The molecule has 2 N–H and O–H groups in total. The molecule has 3 aliphatic rings. The van der Waals surface area contributed by atoms with Gasteiger partial charge in [-0.15, -0.1) is 0 Å². The second kappa shape index (κ2) is 7.17. The third kappa shape index (κ3) is 3.37. The van der Waals surface area contributed by atoms with Crippen LogP contribution < -0.4 is 15.5 Å². The zero-order valence-corrected chi connectivity index (χ0v) is 15.1. The largest absolute Gasteiger partial charge is 0.513 e. The number of benzene rings is 1. The van der Waals surface area contributed by atoms with Gasteiger partial charge in [0.15, 0.2) is 5.76 Å². The molecule has 1 aliphatic carbocycles. The van der Waals surface area contributed by atoms with Gasteiger partial charge in [-0.05, 0) is 49.8 Å². The molecule has 3 unspecified atom stereocenters. The normalized spacial score (nSPS) is 27.9. The summed E-state index contributed by atoms with van der Waals surface area (Å²) in [5.41, 5.74) is 4.47. The summed E-state index contributed by atoms with van der Waals surface area (Å²) in [7, 11) is 1.67. The van der Waals surface area contributed by atoms with Crippen LogP contribution in [0.3, 0.4) is 0 Å². The number of methoxy groups -OCH3 is 1. The monoisotopic (exact) mass is 359 g/mol. The molecule has 1 saturated heterocycles. The molecule has 2 aliphatic heterocycles. The van der Waals surface area contributed by atoms with E-state index in [2.05, 4.69) is 27.9 Å². The average Bonchev–Trinajstić information content (AvgIpc) is 3.44. The van der Waals surface area contributed by atoms with Crippen LogP contribution >= 0.6 is 0 Å². The number of carbonyl (C=O) groups excluding carboxylic acids is 1. The fourth-order valence-corrected chi connectivity index (χ4v) is 3.76. The number of hydrogen-bond donors (Lipinski definition) is 2. The van der Waals surface area contributed by atoms with Gasteiger partial charge in [0, 0.05) is 6.04 Å². The number of fused-ring (bicyclic) bond motifs is 1. The first-order valence-corrected chi connectivity index (χ1v) is 9.18. The van der Waals surface area contributed by atoms with Gasteiger partial charge in [-0.3, -0.25) is 5.32 Å². The highest BCUT2D eigenvalue weighted by Crippen LogP contribution is 2.42. The van der Waals surface area contributed by atoms with Crippen LogP contribution in [0.5, 0.6) is 5.75 Å². The van der Waals surface area contributed by atoms with Gasteiger partial charge in [-0.2, -0.15) is 5.01 Å². The fraction of sp³-hybridized carbons (Fsp3) is 0.526. The highest BCUT2D eigenvalue weighted by Gasteiger charge is 2.46. The van der Waals surface area contributed by atoms with Gasteiger partial charge in [0.2, 0.25) is 0 Å². The van der Waals surface area contributed by atoms with Crippen molar-refractivity contribution in [1.29, 1.82) is 0 Å². The van der Waals surface area contributed by atoms with Crippen LogP contribution in [0.4, 0.5) is 4.79 Å². The summed E-state index contributed by atoms with van der Waals surface area (Å²) < 4.78 is 15.6. The van der Waals surface area contributed by atoms with Gasteiger partial charge < -0.3 is 19.6 Å². The van der Waals surface area contributed by atoms with E-state index >= 15 is 0 Å². The molecule has 26 heavy (non-hydrogen) atoms. The maximum atomic E-state index is 11.8. The first kappa shape index (κ1) is 17.2. The van der Waals surface area contributed by atoms with E-state index in [4.69, 9.17) is 14.2 Å². The van der Waals surface area contributed by atoms with Crippen LogP contribution in [0.15, 0.2) is 36.2 Å². The van der Waals surface area contributed by atoms with E-state index in [1.54, 1.807) is 20.2 Å². The Labute approximate surface area is 153 Å². The Hall–Kier alpha value is -2.25. The third-order valence-corrected chi connectivity index (χ3v) is 5.24. The summed E-state index contributed by atoms with van der Waals surface area (Å²) >= 11 is 0. The summed E-state index contributed by atoms with van der Waals surface area (Å²) in [6.07, 6.45) is 4.39. The van der Waals surface area contributed by atoms with Crippen molar-refractivity contribution in [3.8, 4) is 5.75 Å². The van der Waals surface area contributed by atoms with Crippen molar-refractivity contribution in [2.75, 3.05) is 13.7 Å². The number of hydrazine groups is 1. The Balaban J connectivity index is 1.54. The minimum Gasteiger partial charge on any atom is -0.497 e. The molecule has 1 saturated carbocycles. The highest BCUT2D eigenvalue weighted by molar-refractivity contribution is 5.61. The number of carbonyl (C=O) groups is 1. The first-order chi connectivity index (χ1) is 12.7. The molecule has 7 nitrogen and oxygen atoms in total. The Kier molecular flexibility index (Phi) is 4.74. The quantitative estimate of drug-likeness (QED) is 0.783. The molecule has 2 fully saturated rings. The zero-order valence-electron chi connectivity index (χ0n) is 15.1. The second-order valence-electron chi connectivity index (χ2n) is 6.91. The van der Waals surface area contributed by atoms with E-state index in [0.29, 0.717) is 24.3 Å². The zero-order chi connectivity index (χ0) is 18.1. The number of hydrogen-bond acceptors (Lipinski definition) is 7. The molecule has 4 rings (SSSR count). The first-order valence-electron chi connectivity index (χ1n) is 9.18. The summed E-state index contributed by atoms with van der Waals surface area (Å²) in [4.78, 5) is 11.8. The van der Waals surface area contributed by atoms with Gasteiger partial charge in [0.25, 0.3) is 0 Å². The summed E-state index contributed by atoms with van der Waals surface area (Å²) in [5.74, 6) is 2.09. The van der Waals surface area contributed by atoms with E-state index in [1.165, 1.54) is 18.4 Å². The fourth-order valence-electron chi connectivity index (χ4n) is 3.76. The molecular formula is C19H25N3O4. The third-order valence-electron chi connectivity index (χ3n) is 5.24. The summed E-state index contributed by atoms with van der Waals surface area (Å²) in [6, 6.07) is 8.74. The Morgan fingerprint density at radius 1 is 1.27 bits per heavy atom. The maximum absolute atomic E-state index is 11.8. The SMILES string of the molecule is CCOC(=O)OC1=CNN2C1NC(C1CC1)CC2c1ccc(OC)cc1. The van der Waals surface area contributed by atoms with E-state index in [9.17, 15) is 4.79 Å². The molecule has 0 spiro atoms. The molecule has 1 aromatic rings. The number of rotatable bonds is 5. The van der Waals surface area contributed by atoms with E-state index < -0.39 is 6.16 Å². The number of nitrogens with zero attached hydrogens (tertiary/aromatic N) is 1. The molecule has 3 atom stereocenters. The molecule has 1 aromatic carbocycles. The van der Waals surface area contributed by atoms with Gasteiger partial charge in [0.1, 0.15) is 11.9 Å². The maximum Gasteiger partial charge on any atom is 0.513 e. The molecular weight excluding hydrogens is 334 g/mol. The van der Waals surface area contributed by atoms with Crippen LogP contribution in [0.1, 0.15) is 37.8 Å². The Morgan fingerprint density at radius 2 is 2.04 bits per heavy atom. The van der Waals surface area contributed by atoms with Crippen molar-refractivity contribution in [3.05, 3.63) is 41.8 Å². The lowest BCUT2D eigenvalue weighted by Gasteiger charge is -2.42. The molecule has 0 radical (unpaired) electrons. The lowest BCUT2D eigenvalue weighted by molar-refractivity contribution is 0.0151. The van der Waals surface area contributed by atoms with Gasteiger partial charge in [-0.1, -0.05) is 12.1 Å². The van der Waals surface area contributed by atoms with Crippen LogP contribution in [-0.4, -0.2) is 37.1 Å². The molecule has 7 heteroatoms. The number of nitrogens with one attached hydrogen (secondary N) is 2. The van der Waals surface area contributed by atoms with Crippen molar-refractivity contribution in [2.45, 2.75) is 44.4 Å². The van der Waals surface area contributed by atoms with Crippen LogP contribution in [0.25, 0.3) is 0 Å². The number of ether oxygens (including phenoxy) is 3. The lowest BCUT2D eigenvalue weighted by Crippen LogP contribution is -2.58. The summed E-state index contributed by atoms with van der Waals surface area (Å²) in [5, 5.41) is 5.74. The van der Waals surface area contributed by atoms with Crippen molar-refractivity contribution >= 4 is 6.16 Å². The van der Waals surface area contributed by atoms with Crippen molar-refractivity contribution in [1.82, 2.24) is 15.8 Å². The van der Waals surface area contributed by atoms with Gasteiger partial charge in [0.05, 0.1) is 26.0 Å². The van der Waals surface area contributed by atoms with Crippen LogP contribution in [-0.2, 0) is 9.47 Å². The van der Waals surface area contributed by atoms with Gasteiger partial charge >= 0.3 is 6.16 Å². The van der Waals surface area contributed by atoms with Crippen molar-refractivity contribution in [2.24, 2.45) is 5.92 Å². The standard InChI is InChI=1S/C19H25N3O4/c1-3-25-19(23)26-17-11-20-22-16(13-6-8-14(24-2)9-7-13)10-15(12-4-5-12)21-18(17)22/h6-9,11-12,15-16,18,20-21H,3-5,10H2,1-2H3. The molecule has 0 amide bonds. The molecule has 0 bridgehead atoms. The van der Waals surface area contributed by atoms with Crippen LogP contribution in [0.2, 0.25) is 0 Å². The smallest absolute Gasteiger partial charge is 0.497 e. The molecule has 140 valence electrons. The molecule has 2 heterocycles. The van der Waals surface area contributed by atoms with Crippen LogP contribution in [0, 0.1) is 5.92 Å². The minimum atomic E-state index is -0.668. The lowest BCUT2D eigenvalue weighted by atomic mass is 9.93. The van der Waals surface area contributed by atoms with Gasteiger partial charge in [-0.25, -0.2) is 4.79 Å². The van der Waals surface area contributed by atoms with E-state index in [0.717, 1.165) is 12.2 Å². The van der Waals surface area contributed by atoms with Crippen molar-refractivity contribution in [3.63, 3.8) is 0 Å². The van der Waals surface area contributed by atoms with E-state index in [1.807, 2.05) is 12.1 Å². The highest BCUT2D eigenvalue weighted by atomic mass is 16.7. The van der Waals surface area contributed by atoms with Crippen molar-refractivity contribution < 1.29 is 19.0 Å². The second-order valence-corrected chi connectivity index (χ2v) is 6.91. The Bertz CT molecular complexity index is 687. The predicted octanol–water partition coefficient (Wildman–Crippen LogP) is 2.67. The topological polar surface area (TPSA) is 72.1 Å². The Morgan fingerprint density at radius 3 is 2.69 bits per heavy atom. The predicted molar refractivity (Wildman–Crippen MR) is 95.0 cm³/mol. The molecule has 0 aromatic heterocycles.